The number of nitro groups is 1. The van der Waals surface area contributed by atoms with Crippen LogP contribution in [0, 0.1) is 10.1 Å². The van der Waals surface area contributed by atoms with Gasteiger partial charge in [0.15, 0.2) is 0 Å². The Hall–Kier alpha value is -3.19. The van der Waals surface area contributed by atoms with Crippen LogP contribution in [-0.4, -0.2) is 29.8 Å². The van der Waals surface area contributed by atoms with Gasteiger partial charge >= 0.3 is 0 Å². The maximum atomic E-state index is 12.9. The van der Waals surface area contributed by atoms with Gasteiger partial charge in [-0.15, -0.1) is 0 Å². The number of non-ortho nitro benzene ring substituents is 1. The molecule has 2 amide bonds. The SMILES string of the molecule is O=C1C(Cl)=C(c2ccc([N+](=O)[O-])cc2)C(=O)N1c1ccc(N2CCCC2)cc1. The van der Waals surface area contributed by atoms with Crippen molar-refractivity contribution >= 4 is 46.1 Å². The molecule has 0 spiro atoms. The van der Waals surface area contributed by atoms with E-state index in [4.69, 9.17) is 11.6 Å². The zero-order valence-electron chi connectivity index (χ0n) is 14.8. The van der Waals surface area contributed by atoms with Crippen LogP contribution in [-0.2, 0) is 9.59 Å². The molecule has 2 aliphatic rings. The molecule has 2 aliphatic heterocycles. The Morgan fingerprint density at radius 1 is 0.857 bits per heavy atom. The molecule has 0 N–H and O–H groups in total. The molecular formula is C20H16ClN3O4. The van der Waals surface area contributed by atoms with Gasteiger partial charge in [-0.3, -0.25) is 19.7 Å². The first-order valence-corrected chi connectivity index (χ1v) is 9.23. The zero-order valence-corrected chi connectivity index (χ0v) is 15.6. The quantitative estimate of drug-likeness (QED) is 0.446. The molecule has 28 heavy (non-hydrogen) atoms. The Labute approximate surface area is 166 Å². The van der Waals surface area contributed by atoms with Gasteiger partial charge in [0.1, 0.15) is 5.03 Å². The second-order valence-electron chi connectivity index (χ2n) is 6.65. The van der Waals surface area contributed by atoms with Crippen LogP contribution in [0.1, 0.15) is 18.4 Å². The monoisotopic (exact) mass is 397 g/mol. The molecule has 1 fully saturated rings. The van der Waals surface area contributed by atoms with Crippen LogP contribution < -0.4 is 9.80 Å². The number of imide groups is 1. The Kier molecular flexibility index (Phi) is 4.60. The topological polar surface area (TPSA) is 83.8 Å². The van der Waals surface area contributed by atoms with Crippen molar-refractivity contribution in [3.05, 3.63) is 69.2 Å². The second kappa shape index (κ2) is 7.09. The van der Waals surface area contributed by atoms with E-state index in [-0.39, 0.29) is 16.3 Å². The summed E-state index contributed by atoms with van der Waals surface area (Å²) in [5, 5.41) is 10.6. The minimum absolute atomic E-state index is 0.0465. The number of rotatable bonds is 4. The Morgan fingerprint density at radius 2 is 1.43 bits per heavy atom. The molecule has 0 aromatic heterocycles. The van der Waals surface area contributed by atoms with Crippen molar-refractivity contribution < 1.29 is 14.5 Å². The molecule has 0 unspecified atom stereocenters. The van der Waals surface area contributed by atoms with Gasteiger partial charge in [0.05, 0.1) is 16.2 Å². The molecule has 2 aromatic carbocycles. The van der Waals surface area contributed by atoms with Crippen LogP contribution in [0.2, 0.25) is 0 Å². The summed E-state index contributed by atoms with van der Waals surface area (Å²) in [7, 11) is 0. The Morgan fingerprint density at radius 3 is 2.00 bits per heavy atom. The predicted octanol–water partition coefficient (Wildman–Crippen LogP) is 3.72. The third kappa shape index (κ3) is 3.03. The summed E-state index contributed by atoms with van der Waals surface area (Å²) < 4.78 is 0. The number of benzene rings is 2. The molecule has 8 heteroatoms. The third-order valence-corrected chi connectivity index (χ3v) is 5.32. The highest BCUT2D eigenvalue weighted by Gasteiger charge is 2.39. The van der Waals surface area contributed by atoms with Gasteiger partial charge in [-0.25, -0.2) is 4.90 Å². The molecule has 0 bridgehead atoms. The van der Waals surface area contributed by atoms with Gasteiger partial charge in [0, 0.05) is 30.9 Å². The number of hydrogen-bond acceptors (Lipinski definition) is 5. The number of amides is 2. The van der Waals surface area contributed by atoms with E-state index in [1.807, 2.05) is 12.1 Å². The number of halogens is 1. The molecule has 1 saturated heterocycles. The summed E-state index contributed by atoms with van der Waals surface area (Å²) in [6, 6.07) is 12.6. The minimum Gasteiger partial charge on any atom is -0.372 e. The number of nitrogens with zero attached hydrogens (tertiary/aromatic N) is 3. The third-order valence-electron chi connectivity index (χ3n) is 4.97. The second-order valence-corrected chi connectivity index (χ2v) is 7.03. The molecule has 4 rings (SSSR count). The predicted molar refractivity (Wildman–Crippen MR) is 106 cm³/mol. The molecule has 0 saturated carbocycles. The maximum Gasteiger partial charge on any atom is 0.277 e. The molecule has 0 aliphatic carbocycles. The highest BCUT2D eigenvalue weighted by atomic mass is 35.5. The smallest absolute Gasteiger partial charge is 0.277 e. The molecule has 2 heterocycles. The number of nitro benzene ring substituents is 1. The van der Waals surface area contributed by atoms with E-state index in [9.17, 15) is 19.7 Å². The fourth-order valence-corrected chi connectivity index (χ4v) is 3.80. The molecule has 2 aromatic rings. The van der Waals surface area contributed by atoms with Gasteiger partial charge in [-0.1, -0.05) is 11.6 Å². The van der Waals surface area contributed by atoms with E-state index in [0.29, 0.717) is 11.3 Å². The fraction of sp³-hybridized carbons (Fsp3) is 0.200. The van der Waals surface area contributed by atoms with Crippen LogP contribution in [0.25, 0.3) is 5.57 Å². The average Bonchev–Trinajstić information content (AvgIpc) is 3.30. The van der Waals surface area contributed by atoms with Crippen LogP contribution >= 0.6 is 11.6 Å². The molecule has 142 valence electrons. The van der Waals surface area contributed by atoms with Gasteiger partial charge in [0.25, 0.3) is 17.5 Å². The number of anilines is 2. The van der Waals surface area contributed by atoms with Crippen molar-refractivity contribution in [3.8, 4) is 0 Å². The molecule has 0 atom stereocenters. The summed E-state index contributed by atoms with van der Waals surface area (Å²) in [5.74, 6) is -1.15. The fourth-order valence-electron chi connectivity index (χ4n) is 3.53. The van der Waals surface area contributed by atoms with E-state index in [1.165, 1.54) is 24.3 Å². The Balaban J connectivity index is 1.61. The number of carbonyl (C=O) groups is 2. The first-order valence-electron chi connectivity index (χ1n) is 8.86. The standard InChI is InChI=1S/C20H16ClN3O4/c21-18-17(13-3-5-16(6-4-13)24(27)28)19(25)23(20(18)26)15-9-7-14(8-10-15)22-11-1-2-12-22/h3-10H,1-2,11-12H2. The van der Waals surface area contributed by atoms with Gasteiger partial charge in [-0.05, 0) is 54.8 Å². The van der Waals surface area contributed by atoms with E-state index in [2.05, 4.69) is 4.90 Å². The summed E-state index contributed by atoms with van der Waals surface area (Å²) in [6.45, 7) is 2.00. The average molecular weight is 398 g/mol. The van der Waals surface area contributed by atoms with Crippen molar-refractivity contribution in [2.75, 3.05) is 22.9 Å². The van der Waals surface area contributed by atoms with E-state index < -0.39 is 16.7 Å². The highest BCUT2D eigenvalue weighted by Crippen LogP contribution is 2.36. The lowest BCUT2D eigenvalue weighted by molar-refractivity contribution is -0.384. The largest absolute Gasteiger partial charge is 0.372 e. The lowest BCUT2D eigenvalue weighted by Gasteiger charge is -2.20. The van der Waals surface area contributed by atoms with Crippen LogP contribution in [0.15, 0.2) is 53.6 Å². The van der Waals surface area contributed by atoms with Crippen LogP contribution in [0.5, 0.6) is 0 Å². The van der Waals surface area contributed by atoms with E-state index >= 15 is 0 Å². The van der Waals surface area contributed by atoms with Gasteiger partial charge < -0.3 is 4.90 Å². The van der Waals surface area contributed by atoms with Crippen LogP contribution in [0.4, 0.5) is 17.1 Å². The first kappa shape index (κ1) is 18.2. The van der Waals surface area contributed by atoms with Crippen LogP contribution in [0.3, 0.4) is 0 Å². The summed E-state index contributed by atoms with van der Waals surface area (Å²) >= 11 is 6.17. The van der Waals surface area contributed by atoms with Crippen molar-refractivity contribution in [3.63, 3.8) is 0 Å². The van der Waals surface area contributed by atoms with Crippen molar-refractivity contribution in [2.24, 2.45) is 0 Å². The van der Waals surface area contributed by atoms with Crippen molar-refractivity contribution in [2.45, 2.75) is 12.8 Å². The Bertz CT molecular complexity index is 993. The molecular weight excluding hydrogens is 382 g/mol. The minimum atomic E-state index is -0.603. The molecule has 7 nitrogen and oxygen atoms in total. The molecule has 0 radical (unpaired) electrons. The first-order chi connectivity index (χ1) is 13.5. The lowest BCUT2D eigenvalue weighted by Crippen LogP contribution is -2.31. The number of carbonyl (C=O) groups excluding carboxylic acids is 2. The zero-order chi connectivity index (χ0) is 19.8. The summed E-state index contributed by atoms with van der Waals surface area (Å²) in [5.41, 5.74) is 1.80. The lowest BCUT2D eigenvalue weighted by atomic mass is 10.1. The summed E-state index contributed by atoms with van der Waals surface area (Å²) in [4.78, 5) is 39.1. The van der Waals surface area contributed by atoms with Gasteiger partial charge in [-0.2, -0.15) is 0 Å². The summed E-state index contributed by atoms with van der Waals surface area (Å²) in [6.07, 6.45) is 2.31. The van der Waals surface area contributed by atoms with Crippen molar-refractivity contribution in [1.29, 1.82) is 0 Å². The highest BCUT2D eigenvalue weighted by molar-refractivity contribution is 6.60. The normalized spacial score (nSPS) is 17.0. The number of hydrogen-bond donors (Lipinski definition) is 0. The maximum absolute atomic E-state index is 12.9. The van der Waals surface area contributed by atoms with Crippen molar-refractivity contribution in [1.82, 2.24) is 0 Å². The van der Waals surface area contributed by atoms with Gasteiger partial charge in [0.2, 0.25) is 0 Å². The van der Waals surface area contributed by atoms with E-state index in [0.717, 1.165) is 36.5 Å². The van der Waals surface area contributed by atoms with E-state index in [1.54, 1.807) is 12.1 Å².